The number of carbonyl (C=O) groups is 1. The standard InChI is InChI=1S/C14H17FN2O2/c1-14(2,19)6-5-9-10-7-8(15)3-4-11(10)17-12(9)13(16)18/h3-4,7,17,19H,5-6H2,1-2H3,(H2,16,18). The molecule has 0 fully saturated rings. The number of H-pyrrole nitrogens is 1. The lowest BCUT2D eigenvalue weighted by Crippen LogP contribution is -2.20. The molecule has 19 heavy (non-hydrogen) atoms. The molecule has 0 spiro atoms. The molecule has 1 amide bonds. The number of aromatic nitrogens is 1. The molecular weight excluding hydrogens is 247 g/mol. The van der Waals surface area contributed by atoms with E-state index in [2.05, 4.69) is 4.98 Å². The Hall–Kier alpha value is -1.88. The van der Waals surface area contributed by atoms with E-state index < -0.39 is 11.5 Å². The van der Waals surface area contributed by atoms with Crippen LogP contribution >= 0.6 is 0 Å². The molecule has 5 heteroatoms. The van der Waals surface area contributed by atoms with Crippen LogP contribution in [0.2, 0.25) is 0 Å². The van der Waals surface area contributed by atoms with Crippen LogP contribution in [0, 0.1) is 5.82 Å². The number of aryl methyl sites for hydroxylation is 1. The number of amides is 1. The minimum atomic E-state index is -0.855. The van der Waals surface area contributed by atoms with Crippen LogP contribution in [0.25, 0.3) is 10.9 Å². The Morgan fingerprint density at radius 2 is 2.16 bits per heavy atom. The van der Waals surface area contributed by atoms with E-state index in [-0.39, 0.29) is 11.5 Å². The first-order chi connectivity index (χ1) is 8.78. The number of hydrogen-bond donors (Lipinski definition) is 3. The fourth-order valence-corrected chi connectivity index (χ4v) is 2.12. The zero-order valence-electron chi connectivity index (χ0n) is 11.0. The van der Waals surface area contributed by atoms with Crippen molar-refractivity contribution in [1.82, 2.24) is 4.98 Å². The minimum Gasteiger partial charge on any atom is -0.390 e. The normalized spacial score (nSPS) is 12.0. The smallest absolute Gasteiger partial charge is 0.265 e. The van der Waals surface area contributed by atoms with E-state index in [1.807, 2.05) is 0 Å². The molecule has 0 atom stereocenters. The molecule has 0 bridgehead atoms. The second kappa shape index (κ2) is 4.66. The van der Waals surface area contributed by atoms with Gasteiger partial charge >= 0.3 is 0 Å². The predicted octanol–water partition coefficient (Wildman–Crippen LogP) is 2.11. The van der Waals surface area contributed by atoms with Gasteiger partial charge in [0.05, 0.1) is 5.60 Å². The summed E-state index contributed by atoms with van der Waals surface area (Å²) in [6.07, 6.45) is 0.905. The van der Waals surface area contributed by atoms with Crippen molar-refractivity contribution in [3.63, 3.8) is 0 Å². The molecule has 4 N–H and O–H groups in total. The zero-order chi connectivity index (χ0) is 14.2. The first kappa shape index (κ1) is 13.5. The first-order valence-electron chi connectivity index (χ1n) is 6.10. The van der Waals surface area contributed by atoms with Crippen molar-refractivity contribution in [3.8, 4) is 0 Å². The van der Waals surface area contributed by atoms with Gasteiger partial charge in [0.2, 0.25) is 0 Å². The number of carbonyl (C=O) groups excluding carboxylic acids is 1. The summed E-state index contributed by atoms with van der Waals surface area (Å²) >= 11 is 0. The molecule has 0 aliphatic rings. The van der Waals surface area contributed by atoms with Gasteiger partial charge in [0.15, 0.2) is 0 Å². The average Bonchev–Trinajstić information content (AvgIpc) is 2.63. The second-order valence-corrected chi connectivity index (χ2v) is 5.35. The van der Waals surface area contributed by atoms with Crippen molar-refractivity contribution < 1.29 is 14.3 Å². The largest absolute Gasteiger partial charge is 0.390 e. The molecule has 1 heterocycles. The maximum absolute atomic E-state index is 13.3. The van der Waals surface area contributed by atoms with E-state index in [9.17, 15) is 14.3 Å². The molecule has 0 aliphatic heterocycles. The molecule has 0 saturated carbocycles. The fourth-order valence-electron chi connectivity index (χ4n) is 2.12. The molecule has 0 radical (unpaired) electrons. The van der Waals surface area contributed by atoms with E-state index >= 15 is 0 Å². The number of aromatic amines is 1. The van der Waals surface area contributed by atoms with E-state index in [0.29, 0.717) is 29.3 Å². The summed E-state index contributed by atoms with van der Waals surface area (Å²) in [5, 5.41) is 10.4. The summed E-state index contributed by atoms with van der Waals surface area (Å²) in [5.41, 5.74) is 6.08. The highest BCUT2D eigenvalue weighted by atomic mass is 19.1. The summed E-state index contributed by atoms with van der Waals surface area (Å²) in [4.78, 5) is 14.3. The van der Waals surface area contributed by atoms with Gasteiger partial charge in [-0.3, -0.25) is 4.79 Å². The van der Waals surface area contributed by atoms with Gasteiger partial charge in [-0.2, -0.15) is 0 Å². The van der Waals surface area contributed by atoms with Crippen LogP contribution in [-0.4, -0.2) is 21.6 Å². The molecule has 0 aliphatic carbocycles. The van der Waals surface area contributed by atoms with E-state index in [4.69, 9.17) is 5.73 Å². The van der Waals surface area contributed by atoms with Gasteiger partial charge in [-0.1, -0.05) is 0 Å². The number of nitrogens with one attached hydrogen (secondary N) is 1. The Morgan fingerprint density at radius 3 is 2.74 bits per heavy atom. The number of primary amides is 1. The molecular formula is C14H17FN2O2. The van der Waals surface area contributed by atoms with Gasteiger partial charge in [0, 0.05) is 10.9 Å². The van der Waals surface area contributed by atoms with E-state index in [1.54, 1.807) is 19.9 Å². The van der Waals surface area contributed by atoms with Crippen LogP contribution in [0.4, 0.5) is 4.39 Å². The van der Waals surface area contributed by atoms with Gasteiger partial charge in [-0.25, -0.2) is 4.39 Å². The SMILES string of the molecule is CC(C)(O)CCc1c(C(N)=O)[nH]c2ccc(F)cc12. The predicted molar refractivity (Wildman–Crippen MR) is 71.4 cm³/mol. The van der Waals surface area contributed by atoms with Crippen LogP contribution < -0.4 is 5.73 Å². The van der Waals surface area contributed by atoms with Crippen LogP contribution in [0.1, 0.15) is 36.3 Å². The third kappa shape index (κ3) is 2.93. The summed E-state index contributed by atoms with van der Waals surface area (Å²) in [6.45, 7) is 3.37. The maximum atomic E-state index is 13.3. The van der Waals surface area contributed by atoms with Gasteiger partial charge in [0.25, 0.3) is 5.91 Å². The molecule has 1 aromatic carbocycles. The number of halogens is 1. The Morgan fingerprint density at radius 1 is 1.47 bits per heavy atom. The van der Waals surface area contributed by atoms with Crippen LogP contribution in [-0.2, 0) is 6.42 Å². The number of fused-ring (bicyclic) bond motifs is 1. The Balaban J connectivity index is 2.51. The van der Waals surface area contributed by atoms with Gasteiger partial charge in [-0.15, -0.1) is 0 Å². The van der Waals surface area contributed by atoms with Crippen molar-refractivity contribution in [2.45, 2.75) is 32.3 Å². The summed E-state index contributed by atoms with van der Waals surface area (Å²) in [7, 11) is 0. The van der Waals surface area contributed by atoms with Crippen LogP contribution in [0.3, 0.4) is 0 Å². The zero-order valence-corrected chi connectivity index (χ0v) is 11.0. The Labute approximate surface area is 110 Å². The monoisotopic (exact) mass is 264 g/mol. The van der Waals surface area contributed by atoms with Crippen molar-refractivity contribution in [3.05, 3.63) is 35.3 Å². The van der Waals surface area contributed by atoms with Gasteiger partial charge in [-0.05, 0) is 50.5 Å². The van der Waals surface area contributed by atoms with Crippen LogP contribution in [0.5, 0.6) is 0 Å². The molecule has 0 saturated heterocycles. The minimum absolute atomic E-state index is 0.282. The lowest BCUT2D eigenvalue weighted by Gasteiger charge is -2.16. The van der Waals surface area contributed by atoms with Crippen molar-refractivity contribution >= 4 is 16.8 Å². The quantitative estimate of drug-likeness (QED) is 0.790. The summed E-state index contributed by atoms with van der Waals surface area (Å²) < 4.78 is 13.3. The number of rotatable bonds is 4. The average molecular weight is 264 g/mol. The van der Waals surface area contributed by atoms with Gasteiger partial charge in [0.1, 0.15) is 11.5 Å². The maximum Gasteiger partial charge on any atom is 0.265 e. The fraction of sp³-hybridized carbons (Fsp3) is 0.357. The van der Waals surface area contributed by atoms with Crippen molar-refractivity contribution in [2.75, 3.05) is 0 Å². The Bertz CT molecular complexity index is 626. The lowest BCUT2D eigenvalue weighted by atomic mass is 9.97. The second-order valence-electron chi connectivity index (χ2n) is 5.35. The molecule has 102 valence electrons. The van der Waals surface area contributed by atoms with Crippen molar-refractivity contribution in [2.24, 2.45) is 5.73 Å². The number of benzene rings is 1. The lowest BCUT2D eigenvalue weighted by molar-refractivity contribution is 0.0712. The van der Waals surface area contributed by atoms with Crippen LogP contribution in [0.15, 0.2) is 18.2 Å². The highest BCUT2D eigenvalue weighted by molar-refractivity contribution is 6.00. The summed E-state index contributed by atoms with van der Waals surface area (Å²) in [5.74, 6) is -0.950. The molecule has 1 aromatic heterocycles. The number of nitrogens with two attached hydrogens (primary N) is 1. The topological polar surface area (TPSA) is 79.1 Å². The number of hydrogen-bond acceptors (Lipinski definition) is 2. The third-order valence-corrected chi connectivity index (χ3v) is 3.10. The number of aliphatic hydroxyl groups is 1. The Kier molecular flexibility index (Phi) is 3.32. The molecule has 0 unspecified atom stereocenters. The van der Waals surface area contributed by atoms with Crippen molar-refractivity contribution in [1.29, 1.82) is 0 Å². The first-order valence-corrected chi connectivity index (χ1v) is 6.10. The summed E-state index contributed by atoms with van der Waals surface area (Å²) in [6, 6.07) is 4.27. The van der Waals surface area contributed by atoms with Gasteiger partial charge < -0.3 is 15.8 Å². The highest BCUT2D eigenvalue weighted by Crippen LogP contribution is 2.26. The molecule has 4 nitrogen and oxygen atoms in total. The molecule has 2 aromatic rings. The molecule has 2 rings (SSSR count). The van der Waals surface area contributed by atoms with E-state index in [0.717, 1.165) is 0 Å². The third-order valence-electron chi connectivity index (χ3n) is 3.10. The van der Waals surface area contributed by atoms with E-state index in [1.165, 1.54) is 12.1 Å². The highest BCUT2D eigenvalue weighted by Gasteiger charge is 2.19.